The van der Waals surface area contributed by atoms with Crippen molar-refractivity contribution in [2.45, 2.75) is 39.3 Å². The molecule has 0 aliphatic carbocycles. The number of aryl methyl sites for hydroxylation is 2. The van der Waals surface area contributed by atoms with Gasteiger partial charge in [0, 0.05) is 24.7 Å². The van der Waals surface area contributed by atoms with Gasteiger partial charge in [-0.2, -0.15) is 5.10 Å². The molecule has 0 saturated heterocycles. The van der Waals surface area contributed by atoms with Crippen LogP contribution in [0.1, 0.15) is 23.9 Å². The van der Waals surface area contributed by atoms with E-state index >= 15 is 0 Å². The number of hydrogen-bond acceptors (Lipinski definition) is 3. The van der Waals surface area contributed by atoms with Crippen molar-refractivity contribution in [1.82, 2.24) is 15.1 Å². The fourth-order valence-electron chi connectivity index (χ4n) is 2.70. The van der Waals surface area contributed by atoms with Gasteiger partial charge in [-0.3, -0.25) is 4.68 Å². The van der Waals surface area contributed by atoms with Crippen molar-refractivity contribution in [2.75, 3.05) is 14.2 Å². The van der Waals surface area contributed by atoms with Crippen LogP contribution in [0.2, 0.25) is 0 Å². The number of likely N-dealkylation sites (N-methyl/N-ethyl adjacent to an activating group) is 1. The maximum absolute atomic E-state index is 5.44. The van der Waals surface area contributed by atoms with Crippen LogP contribution in [0.5, 0.6) is 5.75 Å². The second kappa shape index (κ2) is 7.27. The molecule has 1 unspecified atom stereocenters. The molecule has 0 saturated carbocycles. The summed E-state index contributed by atoms with van der Waals surface area (Å²) in [7, 11) is 3.74. The zero-order valence-corrected chi connectivity index (χ0v) is 13.4. The SMILES string of the molecule is CCn1nc(C)cc1CC(Cc1ccccc1OC)NC. The summed E-state index contributed by atoms with van der Waals surface area (Å²) in [5.74, 6) is 0.956. The van der Waals surface area contributed by atoms with E-state index in [0.29, 0.717) is 6.04 Å². The lowest BCUT2D eigenvalue weighted by Gasteiger charge is -2.18. The van der Waals surface area contributed by atoms with Gasteiger partial charge in [-0.25, -0.2) is 0 Å². The van der Waals surface area contributed by atoms with E-state index in [2.05, 4.69) is 40.2 Å². The zero-order valence-electron chi connectivity index (χ0n) is 13.4. The first-order valence-electron chi connectivity index (χ1n) is 7.50. The smallest absolute Gasteiger partial charge is 0.122 e. The molecule has 0 amide bonds. The summed E-state index contributed by atoms with van der Waals surface area (Å²) in [5.41, 5.74) is 3.60. The Balaban J connectivity index is 2.13. The van der Waals surface area contributed by atoms with Gasteiger partial charge in [0.15, 0.2) is 0 Å². The van der Waals surface area contributed by atoms with Crippen molar-refractivity contribution in [3.63, 3.8) is 0 Å². The van der Waals surface area contributed by atoms with Crippen LogP contribution >= 0.6 is 0 Å². The Morgan fingerprint density at radius 1 is 1.29 bits per heavy atom. The number of hydrogen-bond donors (Lipinski definition) is 1. The van der Waals surface area contributed by atoms with Crippen LogP contribution in [0, 0.1) is 6.92 Å². The van der Waals surface area contributed by atoms with Crippen molar-refractivity contribution in [2.24, 2.45) is 0 Å². The molecule has 1 N–H and O–H groups in total. The maximum Gasteiger partial charge on any atom is 0.122 e. The van der Waals surface area contributed by atoms with Crippen molar-refractivity contribution in [1.29, 1.82) is 0 Å². The number of ether oxygens (including phenoxy) is 1. The van der Waals surface area contributed by atoms with E-state index in [1.54, 1.807) is 7.11 Å². The summed E-state index contributed by atoms with van der Waals surface area (Å²) in [6.45, 7) is 5.09. The van der Waals surface area contributed by atoms with E-state index in [4.69, 9.17) is 4.74 Å². The van der Waals surface area contributed by atoms with Gasteiger partial charge in [-0.05, 0) is 45.0 Å². The molecule has 0 fully saturated rings. The minimum absolute atomic E-state index is 0.364. The standard InChI is InChI=1S/C17H25N3O/c1-5-20-16(10-13(2)19-20)12-15(18-3)11-14-8-6-7-9-17(14)21-4/h6-10,15,18H,5,11-12H2,1-4H3. The molecule has 0 aliphatic heterocycles. The highest BCUT2D eigenvalue weighted by Crippen LogP contribution is 2.20. The summed E-state index contributed by atoms with van der Waals surface area (Å²) in [6, 6.07) is 10.8. The number of para-hydroxylation sites is 1. The van der Waals surface area contributed by atoms with Crippen molar-refractivity contribution in [3.8, 4) is 5.75 Å². The minimum atomic E-state index is 0.364. The van der Waals surface area contributed by atoms with Gasteiger partial charge in [-0.1, -0.05) is 18.2 Å². The average molecular weight is 287 g/mol. The first kappa shape index (κ1) is 15.6. The number of nitrogens with zero attached hydrogens (tertiary/aromatic N) is 2. The second-order valence-electron chi connectivity index (χ2n) is 5.30. The molecule has 2 rings (SSSR count). The van der Waals surface area contributed by atoms with Crippen LogP contribution in [0.15, 0.2) is 30.3 Å². The Kier molecular flexibility index (Phi) is 5.39. The fourth-order valence-corrected chi connectivity index (χ4v) is 2.70. The summed E-state index contributed by atoms with van der Waals surface area (Å²) in [4.78, 5) is 0. The normalized spacial score (nSPS) is 12.4. The van der Waals surface area contributed by atoms with E-state index < -0.39 is 0 Å². The van der Waals surface area contributed by atoms with Crippen molar-refractivity contribution < 1.29 is 4.74 Å². The van der Waals surface area contributed by atoms with Gasteiger partial charge < -0.3 is 10.1 Å². The molecule has 1 aromatic carbocycles. The quantitative estimate of drug-likeness (QED) is 0.851. The summed E-state index contributed by atoms with van der Waals surface area (Å²) >= 11 is 0. The lowest BCUT2D eigenvalue weighted by Crippen LogP contribution is -2.31. The highest BCUT2D eigenvalue weighted by Gasteiger charge is 2.14. The molecule has 4 nitrogen and oxygen atoms in total. The molecule has 0 radical (unpaired) electrons. The molecule has 1 heterocycles. The molecule has 1 aromatic heterocycles. The summed E-state index contributed by atoms with van der Waals surface area (Å²) in [5, 5.41) is 7.94. The van der Waals surface area contributed by atoms with Gasteiger partial charge in [0.1, 0.15) is 5.75 Å². The fraction of sp³-hybridized carbons (Fsp3) is 0.471. The average Bonchev–Trinajstić information content (AvgIpc) is 2.86. The van der Waals surface area contributed by atoms with Gasteiger partial charge in [0.25, 0.3) is 0 Å². The largest absolute Gasteiger partial charge is 0.496 e. The van der Waals surface area contributed by atoms with Crippen LogP contribution in [0.3, 0.4) is 0 Å². The maximum atomic E-state index is 5.44. The molecule has 4 heteroatoms. The van der Waals surface area contributed by atoms with E-state index in [-0.39, 0.29) is 0 Å². The van der Waals surface area contributed by atoms with Crippen LogP contribution < -0.4 is 10.1 Å². The molecule has 0 spiro atoms. The molecule has 0 bridgehead atoms. The number of benzene rings is 1. The lowest BCUT2D eigenvalue weighted by atomic mass is 10.0. The lowest BCUT2D eigenvalue weighted by molar-refractivity contribution is 0.405. The third kappa shape index (κ3) is 3.85. The third-order valence-electron chi connectivity index (χ3n) is 3.81. The predicted molar refractivity (Wildman–Crippen MR) is 85.9 cm³/mol. The molecule has 114 valence electrons. The van der Waals surface area contributed by atoms with Gasteiger partial charge in [-0.15, -0.1) is 0 Å². The predicted octanol–water partition coefficient (Wildman–Crippen LogP) is 2.59. The van der Waals surface area contributed by atoms with Crippen LogP contribution in [0.25, 0.3) is 0 Å². The first-order valence-corrected chi connectivity index (χ1v) is 7.50. The van der Waals surface area contributed by atoms with E-state index in [9.17, 15) is 0 Å². The topological polar surface area (TPSA) is 39.1 Å². The van der Waals surface area contributed by atoms with Gasteiger partial charge in [0.2, 0.25) is 0 Å². The molecule has 0 aliphatic rings. The Bertz CT molecular complexity index is 577. The third-order valence-corrected chi connectivity index (χ3v) is 3.81. The van der Waals surface area contributed by atoms with Crippen LogP contribution in [0.4, 0.5) is 0 Å². The van der Waals surface area contributed by atoms with Crippen molar-refractivity contribution >= 4 is 0 Å². The number of nitrogens with one attached hydrogen (secondary N) is 1. The number of rotatable bonds is 7. The highest BCUT2D eigenvalue weighted by molar-refractivity contribution is 5.34. The van der Waals surface area contributed by atoms with Gasteiger partial charge in [0.05, 0.1) is 12.8 Å². The Morgan fingerprint density at radius 3 is 2.71 bits per heavy atom. The second-order valence-corrected chi connectivity index (χ2v) is 5.30. The van der Waals surface area contributed by atoms with Crippen LogP contribution in [-0.2, 0) is 19.4 Å². The number of aromatic nitrogens is 2. The van der Waals surface area contributed by atoms with E-state index in [1.165, 1.54) is 11.3 Å². The molecule has 2 aromatic rings. The zero-order chi connectivity index (χ0) is 15.2. The Morgan fingerprint density at radius 2 is 2.05 bits per heavy atom. The van der Waals surface area contributed by atoms with Crippen molar-refractivity contribution in [3.05, 3.63) is 47.3 Å². The Hall–Kier alpha value is -1.81. The van der Waals surface area contributed by atoms with Crippen LogP contribution in [-0.4, -0.2) is 30.0 Å². The Labute approximate surface area is 127 Å². The molecule has 21 heavy (non-hydrogen) atoms. The summed E-state index contributed by atoms with van der Waals surface area (Å²) in [6.07, 6.45) is 1.90. The number of methoxy groups -OCH3 is 1. The monoisotopic (exact) mass is 287 g/mol. The summed E-state index contributed by atoms with van der Waals surface area (Å²) < 4.78 is 7.53. The van der Waals surface area contributed by atoms with Gasteiger partial charge >= 0.3 is 0 Å². The molecular formula is C17H25N3O. The highest BCUT2D eigenvalue weighted by atomic mass is 16.5. The molecular weight excluding hydrogens is 262 g/mol. The first-order chi connectivity index (χ1) is 10.2. The van der Waals surface area contributed by atoms with E-state index in [1.807, 2.05) is 26.1 Å². The van der Waals surface area contributed by atoms with E-state index in [0.717, 1.165) is 30.8 Å². The molecule has 1 atom stereocenters. The minimum Gasteiger partial charge on any atom is -0.496 e.